The Balaban J connectivity index is 1.47. The number of halogens is 1. The van der Waals surface area contributed by atoms with Gasteiger partial charge >= 0.3 is 0 Å². The van der Waals surface area contributed by atoms with Crippen LogP contribution in [0.25, 0.3) is 21.9 Å². The van der Waals surface area contributed by atoms with Crippen LogP contribution in [0, 0.1) is 0 Å². The Morgan fingerprint density at radius 2 is 1.88 bits per heavy atom. The third-order valence-electron chi connectivity index (χ3n) is 4.94. The number of rotatable bonds is 6. The normalized spacial score (nSPS) is 11.5. The average Bonchev–Trinajstić information content (AvgIpc) is 3.15. The lowest BCUT2D eigenvalue weighted by molar-refractivity contribution is -0.115. The first-order valence-electron chi connectivity index (χ1n) is 9.97. The van der Waals surface area contributed by atoms with Crippen molar-refractivity contribution in [2.24, 2.45) is 5.10 Å². The summed E-state index contributed by atoms with van der Waals surface area (Å²) in [6, 6.07) is 15.3. The van der Waals surface area contributed by atoms with Gasteiger partial charge in [0.05, 0.1) is 24.8 Å². The molecule has 0 saturated heterocycles. The Labute approximate surface area is 193 Å². The summed E-state index contributed by atoms with van der Waals surface area (Å²) in [6.45, 7) is 1.59. The van der Waals surface area contributed by atoms with E-state index in [9.17, 15) is 14.7 Å². The highest BCUT2D eigenvalue weighted by molar-refractivity contribution is 6.31. The molecule has 8 nitrogen and oxygen atoms in total. The Kier molecular flexibility index (Phi) is 6.19. The minimum absolute atomic E-state index is 0.0209. The predicted molar refractivity (Wildman–Crippen MR) is 127 cm³/mol. The molecule has 0 spiro atoms. The molecule has 2 amide bonds. The molecule has 0 aliphatic carbocycles. The summed E-state index contributed by atoms with van der Waals surface area (Å²) in [5.74, 6) is -0.742. The number of phenols is 1. The van der Waals surface area contributed by atoms with Gasteiger partial charge in [0.1, 0.15) is 22.7 Å². The number of carbonyl (C=O) groups is 2. The summed E-state index contributed by atoms with van der Waals surface area (Å²) >= 11 is 5.86. The van der Waals surface area contributed by atoms with E-state index < -0.39 is 5.91 Å². The Bertz CT molecular complexity index is 1410. The number of aromatic hydroxyl groups is 1. The van der Waals surface area contributed by atoms with Crippen LogP contribution in [-0.4, -0.2) is 29.7 Å². The number of fused-ring (bicyclic) bond motifs is 3. The van der Waals surface area contributed by atoms with Crippen LogP contribution in [0.15, 0.2) is 64.1 Å². The fraction of sp³-hybridized carbons (Fsp3) is 0.125. The maximum Gasteiger partial charge on any atom is 0.275 e. The van der Waals surface area contributed by atoms with Crippen LogP contribution in [0.1, 0.15) is 23.7 Å². The van der Waals surface area contributed by atoms with Crippen molar-refractivity contribution in [2.45, 2.75) is 13.3 Å². The first kappa shape index (κ1) is 22.2. The quantitative estimate of drug-likeness (QED) is 0.271. The van der Waals surface area contributed by atoms with Gasteiger partial charge in [-0.2, -0.15) is 5.10 Å². The van der Waals surface area contributed by atoms with E-state index >= 15 is 0 Å². The van der Waals surface area contributed by atoms with Crippen LogP contribution < -0.4 is 15.5 Å². The molecule has 0 bridgehead atoms. The second-order valence-electron chi connectivity index (χ2n) is 7.32. The van der Waals surface area contributed by atoms with Crippen LogP contribution in [0.4, 0.5) is 5.69 Å². The summed E-state index contributed by atoms with van der Waals surface area (Å²) < 4.78 is 11.3. The number of hydrogen-bond acceptors (Lipinski definition) is 6. The van der Waals surface area contributed by atoms with Crippen molar-refractivity contribution in [3.8, 4) is 11.5 Å². The molecule has 0 saturated carbocycles. The van der Waals surface area contributed by atoms with E-state index in [2.05, 4.69) is 15.8 Å². The number of phenolic OH excluding ortho intramolecular Hbond substituents is 1. The van der Waals surface area contributed by atoms with Gasteiger partial charge in [-0.1, -0.05) is 29.8 Å². The molecule has 1 aromatic heterocycles. The molecule has 4 aromatic rings. The number of benzene rings is 3. The van der Waals surface area contributed by atoms with Gasteiger partial charge in [-0.05, 0) is 37.3 Å². The molecule has 168 valence electrons. The minimum atomic E-state index is -0.647. The third-order valence-corrected chi connectivity index (χ3v) is 5.18. The third kappa shape index (κ3) is 4.75. The van der Waals surface area contributed by atoms with Gasteiger partial charge in [-0.3, -0.25) is 9.59 Å². The van der Waals surface area contributed by atoms with Crippen molar-refractivity contribution in [1.29, 1.82) is 0 Å². The number of para-hydroxylation sites is 1. The molecule has 9 heteroatoms. The molecule has 1 heterocycles. The molecular weight excluding hydrogens is 446 g/mol. The number of furan rings is 1. The molecular formula is C24H20ClN3O5. The number of ether oxygens (including phenoxy) is 1. The number of nitrogens with one attached hydrogen (secondary N) is 2. The van der Waals surface area contributed by atoms with Crippen molar-refractivity contribution in [2.75, 3.05) is 12.4 Å². The lowest BCUT2D eigenvalue weighted by atomic mass is 10.1. The molecule has 3 N–H and O–H groups in total. The number of methoxy groups -OCH3 is 1. The zero-order valence-electron chi connectivity index (χ0n) is 17.8. The first-order chi connectivity index (χ1) is 15.9. The zero-order chi connectivity index (χ0) is 23.5. The van der Waals surface area contributed by atoms with Gasteiger partial charge in [0.25, 0.3) is 5.91 Å². The Morgan fingerprint density at radius 3 is 2.67 bits per heavy atom. The van der Waals surface area contributed by atoms with Gasteiger partial charge in [0, 0.05) is 27.6 Å². The van der Waals surface area contributed by atoms with Gasteiger partial charge < -0.3 is 19.6 Å². The average molecular weight is 466 g/mol. The number of amides is 2. The maximum atomic E-state index is 12.6. The molecule has 4 rings (SSSR count). The lowest BCUT2D eigenvalue weighted by Gasteiger charge is -2.10. The summed E-state index contributed by atoms with van der Waals surface area (Å²) in [6.07, 6.45) is -0.0802. The monoisotopic (exact) mass is 465 g/mol. The molecule has 0 aliphatic heterocycles. The van der Waals surface area contributed by atoms with Gasteiger partial charge in [-0.15, -0.1) is 0 Å². The second-order valence-corrected chi connectivity index (χ2v) is 7.76. The van der Waals surface area contributed by atoms with Crippen LogP contribution >= 0.6 is 11.6 Å². The van der Waals surface area contributed by atoms with E-state index in [0.717, 1.165) is 16.4 Å². The maximum absolute atomic E-state index is 12.6. The second kappa shape index (κ2) is 9.22. The fourth-order valence-corrected chi connectivity index (χ4v) is 3.55. The van der Waals surface area contributed by atoms with Gasteiger partial charge in [-0.25, -0.2) is 5.43 Å². The molecule has 0 fully saturated rings. The number of nitrogens with zero attached hydrogens (tertiary/aromatic N) is 1. The number of anilines is 1. The fourth-order valence-electron chi connectivity index (χ4n) is 3.38. The van der Waals surface area contributed by atoms with Crippen LogP contribution in [0.3, 0.4) is 0 Å². The topological polar surface area (TPSA) is 113 Å². The van der Waals surface area contributed by atoms with E-state index in [1.807, 2.05) is 30.3 Å². The predicted octanol–water partition coefficient (Wildman–Crippen LogP) is 5.09. The molecule has 0 radical (unpaired) electrons. The summed E-state index contributed by atoms with van der Waals surface area (Å²) in [5, 5.41) is 18.6. The summed E-state index contributed by atoms with van der Waals surface area (Å²) in [7, 11) is 1.52. The van der Waals surface area contributed by atoms with E-state index in [4.69, 9.17) is 20.8 Å². The number of hydrogen-bond donors (Lipinski definition) is 3. The number of carbonyl (C=O) groups excluding carboxylic acids is 2. The Hall–Kier alpha value is -4.04. The van der Waals surface area contributed by atoms with Crippen molar-refractivity contribution in [3.63, 3.8) is 0 Å². The minimum Gasteiger partial charge on any atom is -0.507 e. The Morgan fingerprint density at radius 1 is 1.09 bits per heavy atom. The van der Waals surface area contributed by atoms with E-state index in [0.29, 0.717) is 27.8 Å². The highest BCUT2D eigenvalue weighted by Gasteiger charge is 2.15. The molecule has 33 heavy (non-hydrogen) atoms. The van der Waals surface area contributed by atoms with Gasteiger partial charge in [0.15, 0.2) is 0 Å². The largest absolute Gasteiger partial charge is 0.507 e. The zero-order valence-corrected chi connectivity index (χ0v) is 18.6. The van der Waals surface area contributed by atoms with Crippen molar-refractivity contribution >= 4 is 56.8 Å². The standard InChI is InChI=1S/C24H20ClN3O5/c1-13(27-28-24(31)17-10-14(25)7-8-19(17)29)9-23(30)26-18-12-21-16(11-22(18)32-2)15-5-3-4-6-20(15)33-21/h3-8,10-12,29H,9H2,1-2H3,(H,26,30)(H,28,31)/b27-13-. The van der Waals surface area contributed by atoms with E-state index in [1.54, 1.807) is 13.0 Å². The molecule has 3 aromatic carbocycles. The van der Waals surface area contributed by atoms with E-state index in [-0.39, 0.29) is 23.6 Å². The van der Waals surface area contributed by atoms with Gasteiger partial charge in [0.2, 0.25) is 5.91 Å². The molecule has 0 atom stereocenters. The highest BCUT2D eigenvalue weighted by Crippen LogP contribution is 2.36. The van der Waals surface area contributed by atoms with Crippen LogP contribution in [0.5, 0.6) is 11.5 Å². The van der Waals surface area contributed by atoms with Crippen molar-refractivity contribution in [1.82, 2.24) is 5.43 Å². The molecule has 0 unspecified atom stereocenters. The summed E-state index contributed by atoms with van der Waals surface area (Å²) in [4.78, 5) is 24.8. The summed E-state index contributed by atoms with van der Waals surface area (Å²) in [5.41, 5.74) is 4.45. The van der Waals surface area contributed by atoms with Crippen LogP contribution in [0.2, 0.25) is 5.02 Å². The van der Waals surface area contributed by atoms with Crippen molar-refractivity contribution < 1.29 is 23.8 Å². The smallest absolute Gasteiger partial charge is 0.275 e. The lowest BCUT2D eigenvalue weighted by Crippen LogP contribution is -2.21. The SMILES string of the molecule is COc1cc2c(cc1NC(=O)C/C(C)=N\NC(=O)c1cc(Cl)ccc1O)oc1ccccc12. The first-order valence-corrected chi connectivity index (χ1v) is 10.3. The van der Waals surface area contributed by atoms with E-state index in [1.165, 1.54) is 25.3 Å². The molecule has 0 aliphatic rings. The highest BCUT2D eigenvalue weighted by atomic mass is 35.5. The number of hydrazone groups is 1. The van der Waals surface area contributed by atoms with Crippen LogP contribution in [-0.2, 0) is 4.79 Å². The van der Waals surface area contributed by atoms with Crippen molar-refractivity contribution in [3.05, 3.63) is 65.2 Å².